The number of urea groups is 1. The van der Waals surface area contributed by atoms with Crippen molar-refractivity contribution < 1.29 is 28.9 Å². The predicted octanol–water partition coefficient (Wildman–Crippen LogP) is 3.30. The second-order valence-corrected chi connectivity index (χ2v) is 13.2. The average Bonchev–Trinajstić information content (AvgIpc) is 3.64. The monoisotopic (exact) mass is 639 g/mol. The standard InChI is InChI=1S/C31H45N9O6/c1-30(2,3)19-8-10-20(11-9-19)38-28(41)33-12-6-14-39(15-7-13-34-29(42)43)16-21-23-24(46-31(4,5)45-23)27(44-21)40-18-37-22-25(32)35-17-36-26(22)40/h8-11,17-18,21,23-24,27,34H,6-7,12-16H2,1-5H3,(H,42,43)(H2,32,35,36)(H2,33,38,41)/t21-,23-,24-,27-/m1/s1. The molecule has 1 aromatic carbocycles. The summed E-state index contributed by atoms with van der Waals surface area (Å²) in [7, 11) is 0. The molecule has 2 aliphatic heterocycles. The first-order valence-electron chi connectivity index (χ1n) is 15.6. The first-order valence-corrected chi connectivity index (χ1v) is 15.6. The molecule has 6 N–H and O–H groups in total. The summed E-state index contributed by atoms with van der Waals surface area (Å²) in [5.41, 5.74) is 8.99. The number of carbonyl (C=O) groups excluding carboxylic acids is 1. The van der Waals surface area contributed by atoms with Crippen molar-refractivity contribution in [1.82, 2.24) is 35.1 Å². The number of amides is 3. The zero-order chi connectivity index (χ0) is 33.1. The van der Waals surface area contributed by atoms with Crippen LogP contribution in [-0.4, -0.2) is 98.5 Å². The summed E-state index contributed by atoms with van der Waals surface area (Å²) in [6.07, 6.45) is 1.49. The van der Waals surface area contributed by atoms with Gasteiger partial charge in [-0.25, -0.2) is 24.5 Å². The molecule has 46 heavy (non-hydrogen) atoms. The van der Waals surface area contributed by atoms with Crippen molar-refractivity contribution in [2.45, 2.75) is 83.2 Å². The number of nitrogens with zero attached hydrogens (tertiary/aromatic N) is 5. The quantitative estimate of drug-likeness (QED) is 0.183. The van der Waals surface area contributed by atoms with Crippen LogP contribution in [0.5, 0.6) is 0 Å². The van der Waals surface area contributed by atoms with Crippen molar-refractivity contribution in [3.05, 3.63) is 42.5 Å². The number of benzene rings is 1. The number of hydrogen-bond donors (Lipinski definition) is 5. The van der Waals surface area contributed by atoms with Gasteiger partial charge in [0, 0.05) is 25.3 Å². The predicted molar refractivity (Wildman–Crippen MR) is 171 cm³/mol. The summed E-state index contributed by atoms with van der Waals surface area (Å²) in [6, 6.07) is 7.57. The maximum Gasteiger partial charge on any atom is 0.404 e. The number of rotatable bonds is 12. The Hall–Kier alpha value is -4.05. The molecule has 3 amide bonds. The Labute approximate surface area is 268 Å². The molecule has 0 bridgehead atoms. The van der Waals surface area contributed by atoms with Crippen LogP contribution in [0.4, 0.5) is 21.1 Å². The zero-order valence-corrected chi connectivity index (χ0v) is 27.0. The molecule has 4 atom stereocenters. The van der Waals surface area contributed by atoms with E-state index in [0.29, 0.717) is 56.7 Å². The lowest BCUT2D eigenvalue weighted by Gasteiger charge is -2.29. The molecule has 0 radical (unpaired) electrons. The topological polar surface area (TPSA) is 191 Å². The number of ether oxygens (including phenoxy) is 3. The van der Waals surface area contributed by atoms with Crippen LogP contribution in [0.3, 0.4) is 0 Å². The lowest BCUT2D eigenvalue weighted by molar-refractivity contribution is -0.198. The summed E-state index contributed by atoms with van der Waals surface area (Å²) < 4.78 is 21.0. The largest absolute Gasteiger partial charge is 0.465 e. The number of nitrogens with one attached hydrogen (secondary N) is 3. The highest BCUT2D eigenvalue weighted by molar-refractivity contribution is 5.89. The summed E-state index contributed by atoms with van der Waals surface area (Å²) in [6.45, 7) is 12.7. The van der Waals surface area contributed by atoms with Crippen LogP contribution < -0.4 is 21.7 Å². The molecule has 15 heteroatoms. The van der Waals surface area contributed by atoms with E-state index in [1.165, 1.54) is 11.9 Å². The Balaban J connectivity index is 1.21. The van der Waals surface area contributed by atoms with E-state index < -0.39 is 24.2 Å². The average molecular weight is 640 g/mol. The van der Waals surface area contributed by atoms with E-state index in [0.717, 1.165) is 5.69 Å². The highest BCUT2D eigenvalue weighted by Crippen LogP contribution is 2.44. The Morgan fingerprint density at radius 2 is 1.70 bits per heavy atom. The SMILES string of the molecule is CC1(C)O[C@@H]2[C@H](O1)[C@@H](CN(CCCNC(=O)O)CCCNC(=O)Nc1ccc(C(C)(C)C)cc1)O[C@H]2n1cnc2c(N)ncnc21. The van der Waals surface area contributed by atoms with Crippen LogP contribution in [-0.2, 0) is 19.6 Å². The fourth-order valence-electron chi connectivity index (χ4n) is 5.87. The summed E-state index contributed by atoms with van der Waals surface area (Å²) in [5, 5.41) is 17.2. The molecule has 15 nitrogen and oxygen atoms in total. The minimum absolute atomic E-state index is 0.0339. The van der Waals surface area contributed by atoms with Gasteiger partial charge in [-0.3, -0.25) is 4.57 Å². The van der Waals surface area contributed by atoms with Gasteiger partial charge >= 0.3 is 12.1 Å². The Morgan fingerprint density at radius 3 is 2.37 bits per heavy atom. The normalized spacial score (nSPS) is 22.2. The summed E-state index contributed by atoms with van der Waals surface area (Å²) in [5.74, 6) is -0.540. The lowest BCUT2D eigenvalue weighted by atomic mass is 9.87. The van der Waals surface area contributed by atoms with Gasteiger partial charge < -0.3 is 45.9 Å². The highest BCUT2D eigenvalue weighted by Gasteiger charge is 2.56. The van der Waals surface area contributed by atoms with E-state index in [-0.39, 0.29) is 29.5 Å². The van der Waals surface area contributed by atoms with Gasteiger partial charge in [0.1, 0.15) is 30.2 Å². The van der Waals surface area contributed by atoms with E-state index in [4.69, 9.17) is 25.1 Å². The lowest BCUT2D eigenvalue weighted by Crippen LogP contribution is -2.42. The van der Waals surface area contributed by atoms with Crippen LogP contribution in [0, 0.1) is 0 Å². The molecule has 2 saturated heterocycles. The van der Waals surface area contributed by atoms with Crippen molar-refractivity contribution in [3.8, 4) is 0 Å². The van der Waals surface area contributed by atoms with Crippen molar-refractivity contribution in [1.29, 1.82) is 0 Å². The molecule has 2 aliphatic rings. The maximum absolute atomic E-state index is 12.6. The molecule has 3 aromatic rings. The molecular weight excluding hydrogens is 594 g/mol. The van der Waals surface area contributed by atoms with Gasteiger partial charge in [0.05, 0.1) is 6.33 Å². The maximum atomic E-state index is 12.6. The Morgan fingerprint density at radius 1 is 1.02 bits per heavy atom. The Kier molecular flexibility index (Phi) is 9.96. The number of aromatic nitrogens is 4. The van der Waals surface area contributed by atoms with E-state index in [9.17, 15) is 9.59 Å². The van der Waals surface area contributed by atoms with Gasteiger partial charge in [-0.1, -0.05) is 32.9 Å². The second kappa shape index (κ2) is 13.7. The van der Waals surface area contributed by atoms with Crippen molar-refractivity contribution in [2.24, 2.45) is 0 Å². The van der Waals surface area contributed by atoms with E-state index in [1.54, 1.807) is 10.9 Å². The molecule has 0 unspecified atom stereocenters. The fourth-order valence-corrected chi connectivity index (χ4v) is 5.87. The number of anilines is 2. The van der Waals surface area contributed by atoms with Crippen molar-refractivity contribution in [2.75, 3.05) is 43.8 Å². The van der Waals surface area contributed by atoms with Gasteiger partial charge in [0.2, 0.25) is 0 Å². The number of carbonyl (C=O) groups is 2. The number of carboxylic acid groups (broad SMARTS) is 1. The van der Waals surface area contributed by atoms with Crippen molar-refractivity contribution >= 4 is 34.8 Å². The van der Waals surface area contributed by atoms with Gasteiger partial charge in [-0.15, -0.1) is 0 Å². The van der Waals surface area contributed by atoms with Crippen LogP contribution in [0.2, 0.25) is 0 Å². The first-order chi connectivity index (χ1) is 21.8. The highest BCUT2D eigenvalue weighted by atomic mass is 16.8. The summed E-state index contributed by atoms with van der Waals surface area (Å²) in [4.78, 5) is 38.6. The van der Waals surface area contributed by atoms with E-state index in [1.807, 2.05) is 38.1 Å². The molecule has 2 fully saturated rings. The summed E-state index contributed by atoms with van der Waals surface area (Å²) >= 11 is 0. The minimum atomic E-state index is -1.06. The number of nitrogens with two attached hydrogens (primary N) is 1. The third-order valence-corrected chi connectivity index (χ3v) is 8.10. The smallest absolute Gasteiger partial charge is 0.404 e. The second-order valence-electron chi connectivity index (χ2n) is 13.2. The molecule has 4 heterocycles. The molecule has 5 rings (SSSR count). The third-order valence-electron chi connectivity index (χ3n) is 8.10. The number of fused-ring (bicyclic) bond motifs is 2. The Bertz CT molecular complexity index is 1510. The fraction of sp³-hybridized carbons (Fsp3) is 0.581. The molecule has 0 aliphatic carbocycles. The molecule has 2 aromatic heterocycles. The third kappa shape index (κ3) is 8.02. The van der Waals surface area contributed by atoms with Crippen LogP contribution in [0.15, 0.2) is 36.9 Å². The van der Waals surface area contributed by atoms with Crippen LogP contribution >= 0.6 is 0 Å². The van der Waals surface area contributed by atoms with E-state index in [2.05, 4.69) is 56.6 Å². The van der Waals surface area contributed by atoms with Gasteiger partial charge in [0.25, 0.3) is 0 Å². The van der Waals surface area contributed by atoms with Crippen molar-refractivity contribution in [3.63, 3.8) is 0 Å². The van der Waals surface area contributed by atoms with Crippen LogP contribution in [0.1, 0.15) is 59.3 Å². The minimum Gasteiger partial charge on any atom is -0.465 e. The van der Waals surface area contributed by atoms with Crippen LogP contribution in [0.25, 0.3) is 11.2 Å². The van der Waals surface area contributed by atoms with Gasteiger partial charge in [-0.2, -0.15) is 0 Å². The van der Waals surface area contributed by atoms with E-state index >= 15 is 0 Å². The van der Waals surface area contributed by atoms with Gasteiger partial charge in [-0.05, 0) is 62.9 Å². The number of nitrogen functional groups attached to an aromatic ring is 1. The molecular formula is C31H45N9O6. The zero-order valence-electron chi connectivity index (χ0n) is 27.0. The number of hydrogen-bond acceptors (Lipinski definition) is 10. The first kappa shape index (κ1) is 33.3. The molecule has 0 spiro atoms. The van der Waals surface area contributed by atoms with Gasteiger partial charge in [0.15, 0.2) is 23.5 Å². The molecule has 250 valence electrons. The molecule has 0 saturated carbocycles. The number of imidazole rings is 1.